The topological polar surface area (TPSA) is 131 Å². The summed E-state index contributed by atoms with van der Waals surface area (Å²) < 4.78 is 10.2. The minimum Gasteiger partial charge on any atom is -0.503 e. The highest BCUT2D eigenvalue weighted by Crippen LogP contribution is 2.65. The Morgan fingerprint density at radius 2 is 1.78 bits per heavy atom. The number of phenols is 1. The summed E-state index contributed by atoms with van der Waals surface area (Å²) in [6, 6.07) is 3.03. The summed E-state index contributed by atoms with van der Waals surface area (Å²) >= 11 is 17.4. The van der Waals surface area contributed by atoms with Gasteiger partial charge >= 0.3 is 6.09 Å². The van der Waals surface area contributed by atoms with E-state index in [4.69, 9.17) is 27.9 Å². The second-order valence-electron chi connectivity index (χ2n) is 9.53. The quantitative estimate of drug-likeness (QED) is 0.305. The van der Waals surface area contributed by atoms with Gasteiger partial charge in [0.15, 0.2) is 21.2 Å². The Hall–Kier alpha value is -2.63. The van der Waals surface area contributed by atoms with Crippen molar-refractivity contribution in [2.45, 2.75) is 28.5 Å². The third-order valence-corrected chi connectivity index (χ3v) is 9.99. The fourth-order valence-electron chi connectivity index (χ4n) is 6.31. The Labute approximate surface area is 229 Å². The zero-order chi connectivity index (χ0) is 27.2. The lowest BCUT2D eigenvalue weighted by Crippen LogP contribution is -2.60. The molecule has 37 heavy (non-hydrogen) atoms. The zero-order valence-corrected chi connectivity index (χ0v) is 22.9. The van der Waals surface area contributed by atoms with Crippen LogP contribution >= 0.6 is 39.1 Å². The molecule has 1 aromatic carbocycles. The third kappa shape index (κ3) is 3.13. The fraction of sp³-hybridized carbons (Fsp3) is 0.458. The number of likely N-dealkylation sites (tertiary alicyclic amines) is 2. The van der Waals surface area contributed by atoms with Gasteiger partial charge in [-0.3, -0.25) is 24.1 Å². The molecule has 10 nitrogen and oxygen atoms in total. The molecule has 1 N–H and O–H groups in total. The number of fused-ring (bicyclic) bond motifs is 4. The molecule has 4 aliphatic rings. The van der Waals surface area contributed by atoms with Gasteiger partial charge in [0.05, 0.1) is 30.5 Å². The maximum atomic E-state index is 13.5. The number of imide groups is 4. The van der Waals surface area contributed by atoms with Gasteiger partial charge in [0, 0.05) is 13.0 Å². The van der Waals surface area contributed by atoms with Crippen LogP contribution in [0.15, 0.2) is 28.3 Å². The highest BCUT2D eigenvalue weighted by atomic mass is 79.9. The summed E-state index contributed by atoms with van der Waals surface area (Å²) in [7, 11) is 3.70. The summed E-state index contributed by atoms with van der Waals surface area (Å²) in [4.78, 5) is 63.0. The van der Waals surface area contributed by atoms with Crippen molar-refractivity contribution in [2.24, 2.45) is 17.8 Å². The van der Waals surface area contributed by atoms with Gasteiger partial charge < -0.3 is 14.6 Å². The van der Waals surface area contributed by atoms with Gasteiger partial charge in [-0.05, 0) is 52.4 Å². The van der Waals surface area contributed by atoms with Crippen LogP contribution in [0.4, 0.5) is 4.79 Å². The number of allylic oxidation sites excluding steroid dienone is 2. The van der Waals surface area contributed by atoms with Crippen LogP contribution in [-0.2, 0) is 23.9 Å². The number of aromatic hydroxyl groups is 1. The standard InChI is InChI=1S/C24H21BrCl2N2O8/c1-28-20(33)23(26)8-12-10(4-5-11-15(12)19(32)29(18(11)31)22(35)37-3)16(24(23,27)21(28)34)9-6-13(25)17(30)14(7-9)36-2/h4,6-7,11-12,15-16,30H,5,8H2,1-3H3. The second kappa shape index (κ2) is 8.44. The SMILES string of the molecule is COC(=O)N1C(=O)C2CC=C3C(CC4(Cl)C(=O)N(C)C(=O)C4(Cl)C3c3cc(Br)c(O)c(OC)c3)C2C1=O. The van der Waals surface area contributed by atoms with Crippen molar-refractivity contribution in [3.63, 3.8) is 0 Å². The van der Waals surface area contributed by atoms with Crippen molar-refractivity contribution < 1.29 is 38.6 Å². The zero-order valence-electron chi connectivity index (χ0n) is 19.8. The number of carbonyl (C=O) groups is 5. The van der Waals surface area contributed by atoms with Crippen molar-refractivity contribution in [1.29, 1.82) is 0 Å². The van der Waals surface area contributed by atoms with Gasteiger partial charge in [-0.1, -0.05) is 11.6 Å². The molecular weight excluding hydrogens is 595 g/mol. The van der Waals surface area contributed by atoms with E-state index >= 15 is 0 Å². The number of halogens is 3. The van der Waals surface area contributed by atoms with Crippen molar-refractivity contribution in [3.8, 4) is 11.5 Å². The number of rotatable bonds is 2. The minimum atomic E-state index is -1.98. The van der Waals surface area contributed by atoms with Crippen molar-refractivity contribution in [1.82, 2.24) is 9.80 Å². The van der Waals surface area contributed by atoms with Crippen molar-refractivity contribution in [3.05, 3.63) is 33.8 Å². The third-order valence-electron chi connectivity index (χ3n) is 7.98. The van der Waals surface area contributed by atoms with Gasteiger partial charge in [0.1, 0.15) is 0 Å². The number of hydrogen-bond acceptors (Lipinski definition) is 8. The first-order chi connectivity index (χ1) is 17.3. The lowest BCUT2D eigenvalue weighted by Gasteiger charge is -2.50. The maximum Gasteiger partial charge on any atom is 0.423 e. The van der Waals surface area contributed by atoms with E-state index in [0.29, 0.717) is 16.0 Å². The molecule has 6 atom stereocenters. The molecule has 13 heteroatoms. The van der Waals surface area contributed by atoms with Gasteiger partial charge in [-0.25, -0.2) is 4.79 Å². The first-order valence-electron chi connectivity index (χ1n) is 11.3. The molecule has 0 radical (unpaired) electrons. The van der Waals surface area contributed by atoms with E-state index in [0.717, 1.165) is 12.0 Å². The number of alkyl halides is 2. The molecule has 1 saturated carbocycles. The largest absolute Gasteiger partial charge is 0.503 e. The predicted molar refractivity (Wildman–Crippen MR) is 132 cm³/mol. The van der Waals surface area contributed by atoms with E-state index in [2.05, 4.69) is 20.7 Å². The van der Waals surface area contributed by atoms with Crippen molar-refractivity contribution >= 4 is 68.9 Å². The average molecular weight is 616 g/mol. The summed E-state index contributed by atoms with van der Waals surface area (Å²) in [6.45, 7) is 0. The molecule has 2 aliphatic carbocycles. The normalized spacial score (nSPS) is 34.7. The molecule has 196 valence electrons. The molecule has 0 bridgehead atoms. The molecule has 5 rings (SSSR count). The number of carbonyl (C=O) groups excluding carboxylic acids is 5. The molecule has 1 aromatic rings. The lowest BCUT2D eigenvalue weighted by molar-refractivity contribution is -0.139. The fourth-order valence-corrected chi connectivity index (χ4v) is 7.78. The van der Waals surface area contributed by atoms with Crippen LogP contribution in [-0.4, -0.2) is 75.6 Å². The molecular formula is C24H21BrCl2N2O8. The van der Waals surface area contributed by atoms with Gasteiger partial charge in [0.25, 0.3) is 11.8 Å². The molecule has 0 aromatic heterocycles. The van der Waals surface area contributed by atoms with E-state index in [9.17, 15) is 29.1 Å². The molecule has 2 heterocycles. The van der Waals surface area contributed by atoms with E-state index in [1.165, 1.54) is 26.3 Å². The smallest absolute Gasteiger partial charge is 0.423 e. The number of amides is 5. The van der Waals surface area contributed by atoms with Crippen LogP contribution in [0.25, 0.3) is 0 Å². The van der Waals surface area contributed by atoms with Crippen LogP contribution in [0.1, 0.15) is 24.3 Å². The number of ether oxygens (including phenoxy) is 2. The van der Waals surface area contributed by atoms with Crippen LogP contribution in [0, 0.1) is 17.8 Å². The second-order valence-corrected chi connectivity index (χ2v) is 11.6. The summed E-state index contributed by atoms with van der Waals surface area (Å²) in [6.07, 6.45) is 0.527. The summed E-state index contributed by atoms with van der Waals surface area (Å²) in [5.74, 6) is -6.70. The Balaban J connectivity index is 1.74. The van der Waals surface area contributed by atoms with Gasteiger partial charge in [-0.15, -0.1) is 23.2 Å². The summed E-state index contributed by atoms with van der Waals surface area (Å²) in [5, 5.41) is 10.4. The van der Waals surface area contributed by atoms with E-state index < -0.39 is 63.1 Å². The van der Waals surface area contributed by atoms with Gasteiger partial charge in [-0.2, -0.15) is 4.90 Å². The highest BCUT2D eigenvalue weighted by molar-refractivity contribution is 9.10. The number of phenolic OH excluding ortho intramolecular Hbond substituents is 1. The number of nitrogens with zero attached hydrogens (tertiary/aromatic N) is 2. The van der Waals surface area contributed by atoms with Gasteiger partial charge in [0.2, 0.25) is 11.8 Å². The number of benzene rings is 1. The van der Waals surface area contributed by atoms with Crippen LogP contribution < -0.4 is 4.74 Å². The average Bonchev–Trinajstić information content (AvgIpc) is 3.20. The van der Waals surface area contributed by atoms with Crippen molar-refractivity contribution in [2.75, 3.05) is 21.3 Å². The number of hydrogen-bond donors (Lipinski definition) is 1. The first kappa shape index (κ1) is 26.0. The Morgan fingerprint density at radius 3 is 2.41 bits per heavy atom. The first-order valence-corrected chi connectivity index (χ1v) is 12.8. The maximum absolute atomic E-state index is 13.5. The monoisotopic (exact) mass is 614 g/mol. The molecule has 2 saturated heterocycles. The van der Waals surface area contributed by atoms with E-state index in [1.54, 1.807) is 6.08 Å². The highest BCUT2D eigenvalue weighted by Gasteiger charge is 2.76. The van der Waals surface area contributed by atoms with E-state index in [1.807, 2.05) is 0 Å². The molecule has 5 amide bonds. The molecule has 3 fully saturated rings. The predicted octanol–water partition coefficient (Wildman–Crippen LogP) is 2.92. The van der Waals surface area contributed by atoms with E-state index in [-0.39, 0.29) is 28.8 Å². The lowest BCUT2D eigenvalue weighted by atomic mass is 9.56. The minimum absolute atomic E-state index is 0.0790. The van der Waals surface area contributed by atoms with Crippen LogP contribution in [0.2, 0.25) is 0 Å². The Bertz CT molecular complexity index is 1330. The summed E-state index contributed by atoms with van der Waals surface area (Å²) in [5.41, 5.74) is 0.936. The van der Waals surface area contributed by atoms with Crippen LogP contribution in [0.3, 0.4) is 0 Å². The Morgan fingerprint density at radius 1 is 1.11 bits per heavy atom. The Kier molecular flexibility index (Phi) is 5.93. The van der Waals surface area contributed by atoms with Crippen LogP contribution in [0.5, 0.6) is 11.5 Å². The number of methoxy groups -OCH3 is 2. The molecule has 0 spiro atoms. The molecule has 2 aliphatic heterocycles. The molecule has 6 unspecified atom stereocenters.